The average Bonchev–Trinajstić information content (AvgIpc) is 2.49. The molecule has 4 heteroatoms. The van der Waals surface area contributed by atoms with Crippen molar-refractivity contribution < 1.29 is 19.4 Å². The van der Waals surface area contributed by atoms with E-state index in [1.165, 1.54) is 6.92 Å². The van der Waals surface area contributed by atoms with Crippen LogP contribution in [0.4, 0.5) is 0 Å². The molecule has 0 radical (unpaired) electrons. The highest BCUT2D eigenvalue weighted by atomic mass is 16.4. The number of aryl methyl sites for hydroxylation is 1. The molecule has 0 saturated carbocycles. The number of hydrogen-bond acceptors (Lipinski definition) is 3. The molecular weight excluding hydrogens is 172 g/mol. The molecule has 0 aliphatic heterocycles. The van der Waals surface area contributed by atoms with Gasteiger partial charge in [0.25, 0.3) is 0 Å². The van der Waals surface area contributed by atoms with Gasteiger partial charge >= 0.3 is 5.97 Å². The second-order valence-electron chi connectivity index (χ2n) is 3.02. The Morgan fingerprint density at radius 1 is 1.54 bits per heavy atom. The topological polar surface area (TPSA) is 70.7 Å². The number of aliphatic hydroxyl groups is 1. The summed E-state index contributed by atoms with van der Waals surface area (Å²) >= 11 is 0. The molecule has 1 aromatic heterocycles. The zero-order valence-corrected chi connectivity index (χ0v) is 7.52. The summed E-state index contributed by atoms with van der Waals surface area (Å²) in [7, 11) is 0. The summed E-state index contributed by atoms with van der Waals surface area (Å²) in [5.41, 5.74) is 0. The molecule has 0 aliphatic rings. The molecule has 2 atom stereocenters. The van der Waals surface area contributed by atoms with Crippen molar-refractivity contribution in [3.05, 3.63) is 23.7 Å². The zero-order chi connectivity index (χ0) is 10.0. The third kappa shape index (κ3) is 2.09. The van der Waals surface area contributed by atoms with E-state index in [2.05, 4.69) is 0 Å². The molecule has 0 aliphatic carbocycles. The van der Waals surface area contributed by atoms with Crippen LogP contribution in [0.25, 0.3) is 0 Å². The van der Waals surface area contributed by atoms with E-state index in [-0.39, 0.29) is 0 Å². The molecule has 1 heterocycles. The van der Waals surface area contributed by atoms with Crippen LogP contribution < -0.4 is 0 Å². The summed E-state index contributed by atoms with van der Waals surface area (Å²) in [6, 6.07) is 3.27. The van der Waals surface area contributed by atoms with Gasteiger partial charge in [-0.1, -0.05) is 0 Å². The number of carbonyl (C=O) groups is 1. The Labute approximate surface area is 75.8 Å². The Hall–Kier alpha value is -1.29. The van der Waals surface area contributed by atoms with Crippen LogP contribution in [0.15, 0.2) is 16.5 Å². The first-order chi connectivity index (χ1) is 6.02. The first kappa shape index (κ1) is 9.80. The molecule has 1 aromatic rings. The van der Waals surface area contributed by atoms with E-state index in [1.807, 2.05) is 0 Å². The highest BCUT2D eigenvalue weighted by Gasteiger charge is 2.25. The van der Waals surface area contributed by atoms with E-state index < -0.39 is 18.0 Å². The minimum absolute atomic E-state index is 0.299. The van der Waals surface area contributed by atoms with Crippen LogP contribution in [0.5, 0.6) is 0 Å². The first-order valence-corrected chi connectivity index (χ1v) is 3.99. The molecular formula is C9H12O4. The van der Waals surface area contributed by atoms with Crippen molar-refractivity contribution in [1.82, 2.24) is 0 Å². The molecule has 13 heavy (non-hydrogen) atoms. The van der Waals surface area contributed by atoms with Crippen LogP contribution in [-0.2, 0) is 4.79 Å². The summed E-state index contributed by atoms with van der Waals surface area (Å²) in [5.74, 6) is -0.939. The number of furan rings is 1. The quantitative estimate of drug-likeness (QED) is 0.743. The van der Waals surface area contributed by atoms with E-state index in [0.717, 1.165) is 0 Å². The maximum Gasteiger partial charge on any atom is 0.309 e. The second-order valence-corrected chi connectivity index (χ2v) is 3.02. The highest BCUT2D eigenvalue weighted by Crippen LogP contribution is 2.23. The van der Waals surface area contributed by atoms with Crippen molar-refractivity contribution in [1.29, 1.82) is 0 Å². The maximum absolute atomic E-state index is 10.5. The molecule has 0 aromatic carbocycles. The fraction of sp³-hybridized carbons (Fsp3) is 0.444. The molecule has 72 valence electrons. The van der Waals surface area contributed by atoms with Crippen LogP contribution in [0.2, 0.25) is 0 Å². The molecule has 4 nitrogen and oxygen atoms in total. The van der Waals surface area contributed by atoms with Gasteiger partial charge in [-0.3, -0.25) is 4.79 Å². The zero-order valence-electron chi connectivity index (χ0n) is 7.52. The number of carboxylic acid groups (broad SMARTS) is 1. The van der Waals surface area contributed by atoms with Crippen molar-refractivity contribution in [3.63, 3.8) is 0 Å². The SMILES string of the molecule is Cc1ccc(C(O)C(C)C(=O)O)o1. The summed E-state index contributed by atoms with van der Waals surface area (Å²) in [5, 5.41) is 18.1. The molecule has 0 amide bonds. The Morgan fingerprint density at radius 2 is 2.15 bits per heavy atom. The molecule has 2 unspecified atom stereocenters. The predicted molar refractivity (Wildman–Crippen MR) is 45.2 cm³/mol. The number of rotatable bonds is 3. The van der Waals surface area contributed by atoms with Gasteiger partial charge in [0, 0.05) is 0 Å². The van der Waals surface area contributed by atoms with E-state index >= 15 is 0 Å². The van der Waals surface area contributed by atoms with Crippen LogP contribution in [0.3, 0.4) is 0 Å². The first-order valence-electron chi connectivity index (χ1n) is 3.99. The molecule has 1 rings (SSSR count). The van der Waals surface area contributed by atoms with Gasteiger partial charge in [0.05, 0.1) is 5.92 Å². The third-order valence-electron chi connectivity index (χ3n) is 1.92. The largest absolute Gasteiger partial charge is 0.481 e. The smallest absolute Gasteiger partial charge is 0.309 e. The van der Waals surface area contributed by atoms with Gasteiger partial charge in [-0.05, 0) is 26.0 Å². The normalized spacial score (nSPS) is 15.3. The predicted octanol–water partition coefficient (Wildman–Crippen LogP) is 1.34. The van der Waals surface area contributed by atoms with Crippen molar-refractivity contribution in [2.75, 3.05) is 0 Å². The molecule has 0 fully saturated rings. The fourth-order valence-electron chi connectivity index (χ4n) is 0.994. The summed E-state index contributed by atoms with van der Waals surface area (Å²) < 4.78 is 5.10. The molecule has 0 saturated heterocycles. The Morgan fingerprint density at radius 3 is 2.54 bits per heavy atom. The van der Waals surface area contributed by atoms with Gasteiger partial charge < -0.3 is 14.6 Å². The molecule has 2 N–H and O–H groups in total. The number of carboxylic acids is 1. The van der Waals surface area contributed by atoms with Crippen molar-refractivity contribution in [2.24, 2.45) is 5.92 Å². The lowest BCUT2D eigenvalue weighted by atomic mass is 10.0. The standard InChI is InChI=1S/C9H12O4/c1-5-3-4-7(13-5)8(10)6(2)9(11)12/h3-4,6,8,10H,1-2H3,(H,11,12). The van der Waals surface area contributed by atoms with Gasteiger partial charge in [0.1, 0.15) is 17.6 Å². The number of aliphatic carboxylic acids is 1. The summed E-state index contributed by atoms with van der Waals surface area (Å²) in [4.78, 5) is 10.5. The summed E-state index contributed by atoms with van der Waals surface area (Å²) in [6.45, 7) is 3.17. The molecule has 0 spiro atoms. The second kappa shape index (κ2) is 3.62. The van der Waals surface area contributed by atoms with Crippen LogP contribution in [0, 0.1) is 12.8 Å². The minimum Gasteiger partial charge on any atom is -0.481 e. The molecule has 0 bridgehead atoms. The lowest BCUT2D eigenvalue weighted by Gasteiger charge is -2.11. The lowest BCUT2D eigenvalue weighted by molar-refractivity contribution is -0.145. The van der Waals surface area contributed by atoms with Gasteiger partial charge in [0.15, 0.2) is 0 Å². The van der Waals surface area contributed by atoms with Gasteiger partial charge in [0.2, 0.25) is 0 Å². The Balaban J connectivity index is 2.78. The van der Waals surface area contributed by atoms with Crippen molar-refractivity contribution in [2.45, 2.75) is 20.0 Å². The van der Waals surface area contributed by atoms with Crippen LogP contribution in [0.1, 0.15) is 24.5 Å². The monoisotopic (exact) mass is 184 g/mol. The number of hydrogen-bond donors (Lipinski definition) is 2. The highest BCUT2D eigenvalue weighted by molar-refractivity contribution is 5.70. The Bertz CT molecular complexity index is 302. The van der Waals surface area contributed by atoms with E-state index in [1.54, 1.807) is 19.1 Å². The van der Waals surface area contributed by atoms with E-state index in [4.69, 9.17) is 9.52 Å². The van der Waals surface area contributed by atoms with Crippen molar-refractivity contribution >= 4 is 5.97 Å². The Kier molecular flexibility index (Phi) is 2.72. The summed E-state index contributed by atoms with van der Waals surface area (Å²) in [6.07, 6.45) is -1.08. The van der Waals surface area contributed by atoms with Crippen LogP contribution in [-0.4, -0.2) is 16.2 Å². The van der Waals surface area contributed by atoms with Crippen LogP contribution >= 0.6 is 0 Å². The minimum atomic E-state index is -1.08. The fourth-order valence-corrected chi connectivity index (χ4v) is 0.994. The number of aliphatic hydroxyl groups excluding tert-OH is 1. The van der Waals surface area contributed by atoms with E-state index in [9.17, 15) is 9.90 Å². The van der Waals surface area contributed by atoms with Gasteiger partial charge in [-0.15, -0.1) is 0 Å². The third-order valence-corrected chi connectivity index (χ3v) is 1.92. The average molecular weight is 184 g/mol. The van der Waals surface area contributed by atoms with E-state index in [0.29, 0.717) is 11.5 Å². The van der Waals surface area contributed by atoms with Crippen molar-refractivity contribution in [3.8, 4) is 0 Å². The maximum atomic E-state index is 10.5. The van der Waals surface area contributed by atoms with Gasteiger partial charge in [-0.2, -0.15) is 0 Å². The lowest BCUT2D eigenvalue weighted by Crippen LogP contribution is -2.18. The van der Waals surface area contributed by atoms with Gasteiger partial charge in [-0.25, -0.2) is 0 Å².